The average Bonchev–Trinajstić information content (AvgIpc) is 3.13. The van der Waals surface area contributed by atoms with Crippen LogP contribution < -0.4 is 0 Å². The highest BCUT2D eigenvalue weighted by Gasteiger charge is 2.42. The molecule has 2 aliphatic rings. The molecule has 2 fully saturated rings. The van der Waals surface area contributed by atoms with E-state index in [4.69, 9.17) is 5.10 Å². The van der Waals surface area contributed by atoms with Crippen molar-refractivity contribution < 1.29 is 4.79 Å². The van der Waals surface area contributed by atoms with Gasteiger partial charge < -0.3 is 9.80 Å². The van der Waals surface area contributed by atoms with Crippen molar-refractivity contribution in [1.82, 2.24) is 19.6 Å². The lowest BCUT2D eigenvalue weighted by Gasteiger charge is -2.43. The number of aromatic nitrogens is 2. The monoisotopic (exact) mass is 346 g/mol. The number of amides is 1. The van der Waals surface area contributed by atoms with Crippen molar-refractivity contribution in [3.63, 3.8) is 0 Å². The summed E-state index contributed by atoms with van der Waals surface area (Å²) in [5, 5.41) is 4.70. The molecule has 2 saturated heterocycles. The van der Waals surface area contributed by atoms with Gasteiger partial charge in [-0.25, -0.2) is 0 Å². The zero-order valence-corrected chi connectivity index (χ0v) is 16.8. The van der Waals surface area contributed by atoms with E-state index in [0.717, 1.165) is 31.6 Å². The first-order valence-corrected chi connectivity index (χ1v) is 9.75. The van der Waals surface area contributed by atoms with Crippen molar-refractivity contribution in [2.75, 3.05) is 26.7 Å². The molecule has 0 N–H and O–H groups in total. The van der Waals surface area contributed by atoms with Crippen LogP contribution in [-0.4, -0.2) is 57.7 Å². The SMILES string of the molecule is CC(C)c1cc(C(=O)N2CCC3(CCCN3C)CC2)nn1C(C)(C)C. The predicted molar refractivity (Wildman–Crippen MR) is 101 cm³/mol. The van der Waals surface area contributed by atoms with Gasteiger partial charge in [0.25, 0.3) is 5.91 Å². The molecular formula is C20H34N4O. The smallest absolute Gasteiger partial charge is 0.274 e. The number of hydrogen-bond donors (Lipinski definition) is 0. The number of likely N-dealkylation sites (tertiary alicyclic amines) is 2. The molecule has 140 valence electrons. The standard InChI is InChI=1S/C20H34N4O/c1-15(2)17-14-16(21-24(17)19(3,4)5)18(25)23-12-9-20(10-13-23)8-7-11-22(20)6/h14-15H,7-13H2,1-6H3. The average molecular weight is 347 g/mol. The van der Waals surface area contributed by atoms with Crippen LogP contribution in [0, 0.1) is 0 Å². The summed E-state index contributed by atoms with van der Waals surface area (Å²) in [7, 11) is 2.24. The first-order chi connectivity index (χ1) is 11.6. The van der Waals surface area contributed by atoms with E-state index in [1.165, 1.54) is 19.4 Å². The topological polar surface area (TPSA) is 41.4 Å². The van der Waals surface area contributed by atoms with Crippen LogP contribution in [-0.2, 0) is 5.54 Å². The Morgan fingerprint density at radius 3 is 2.24 bits per heavy atom. The molecule has 2 aliphatic heterocycles. The van der Waals surface area contributed by atoms with E-state index in [-0.39, 0.29) is 11.4 Å². The van der Waals surface area contributed by atoms with Crippen LogP contribution in [0.4, 0.5) is 0 Å². The maximum absolute atomic E-state index is 13.0. The van der Waals surface area contributed by atoms with Crippen LogP contribution in [0.15, 0.2) is 6.07 Å². The Morgan fingerprint density at radius 2 is 1.80 bits per heavy atom. The summed E-state index contributed by atoms with van der Waals surface area (Å²) in [4.78, 5) is 17.6. The van der Waals surface area contributed by atoms with Gasteiger partial charge in [0.2, 0.25) is 0 Å². The van der Waals surface area contributed by atoms with Crippen LogP contribution >= 0.6 is 0 Å². The third-order valence-corrected chi connectivity index (χ3v) is 6.11. The Bertz CT molecular complexity index is 633. The summed E-state index contributed by atoms with van der Waals surface area (Å²) in [6.07, 6.45) is 4.75. The number of piperidine rings is 1. The lowest BCUT2D eigenvalue weighted by Crippen LogP contribution is -2.52. The minimum atomic E-state index is -0.114. The van der Waals surface area contributed by atoms with Gasteiger partial charge in [0.15, 0.2) is 5.69 Å². The molecule has 1 aromatic rings. The van der Waals surface area contributed by atoms with Crippen molar-refractivity contribution in [3.8, 4) is 0 Å². The Hall–Kier alpha value is -1.36. The predicted octanol–water partition coefficient (Wildman–Crippen LogP) is 3.46. The summed E-state index contributed by atoms with van der Waals surface area (Å²) in [5.74, 6) is 0.449. The zero-order chi connectivity index (χ0) is 18.4. The van der Waals surface area contributed by atoms with Crippen LogP contribution in [0.1, 0.15) is 82.4 Å². The van der Waals surface area contributed by atoms with Crippen molar-refractivity contribution in [2.45, 2.75) is 77.3 Å². The van der Waals surface area contributed by atoms with Gasteiger partial charge in [0, 0.05) is 24.3 Å². The van der Waals surface area contributed by atoms with E-state index in [2.05, 4.69) is 46.6 Å². The molecule has 0 atom stereocenters. The molecule has 0 unspecified atom stereocenters. The molecular weight excluding hydrogens is 312 g/mol. The van der Waals surface area contributed by atoms with Gasteiger partial charge in [0.1, 0.15) is 0 Å². The molecule has 1 amide bonds. The third-order valence-electron chi connectivity index (χ3n) is 6.11. The lowest BCUT2D eigenvalue weighted by atomic mass is 9.85. The molecule has 0 aromatic carbocycles. The second kappa shape index (κ2) is 6.42. The Kier molecular flexibility index (Phi) is 4.73. The second-order valence-corrected chi connectivity index (χ2v) is 9.23. The fraction of sp³-hybridized carbons (Fsp3) is 0.800. The highest BCUT2D eigenvalue weighted by molar-refractivity contribution is 5.92. The van der Waals surface area contributed by atoms with E-state index in [0.29, 0.717) is 17.2 Å². The molecule has 3 rings (SSSR count). The fourth-order valence-corrected chi connectivity index (χ4v) is 4.44. The van der Waals surface area contributed by atoms with E-state index in [1.807, 2.05) is 15.6 Å². The molecule has 25 heavy (non-hydrogen) atoms. The van der Waals surface area contributed by atoms with Crippen LogP contribution in [0.5, 0.6) is 0 Å². The second-order valence-electron chi connectivity index (χ2n) is 9.23. The normalized spacial score (nSPS) is 21.5. The van der Waals surface area contributed by atoms with E-state index < -0.39 is 0 Å². The number of carbonyl (C=O) groups excluding carboxylic acids is 1. The van der Waals surface area contributed by atoms with Gasteiger partial charge in [0.05, 0.1) is 5.54 Å². The quantitative estimate of drug-likeness (QED) is 0.823. The highest BCUT2D eigenvalue weighted by atomic mass is 16.2. The number of hydrogen-bond acceptors (Lipinski definition) is 3. The number of nitrogens with zero attached hydrogens (tertiary/aromatic N) is 4. The summed E-state index contributed by atoms with van der Waals surface area (Å²) < 4.78 is 2.03. The van der Waals surface area contributed by atoms with E-state index in [1.54, 1.807) is 0 Å². The molecule has 5 heteroatoms. The van der Waals surface area contributed by atoms with Gasteiger partial charge in [-0.2, -0.15) is 5.10 Å². The summed E-state index contributed by atoms with van der Waals surface area (Å²) in [6, 6.07) is 2.00. The third kappa shape index (κ3) is 3.35. The van der Waals surface area contributed by atoms with Crippen molar-refractivity contribution in [2.24, 2.45) is 0 Å². The largest absolute Gasteiger partial charge is 0.337 e. The molecule has 0 radical (unpaired) electrons. The van der Waals surface area contributed by atoms with Gasteiger partial charge in [-0.1, -0.05) is 13.8 Å². The first kappa shape index (κ1) is 18.4. The molecule has 3 heterocycles. The van der Waals surface area contributed by atoms with Crippen molar-refractivity contribution >= 4 is 5.91 Å². The molecule has 0 saturated carbocycles. The van der Waals surface area contributed by atoms with Crippen LogP contribution in [0.25, 0.3) is 0 Å². The van der Waals surface area contributed by atoms with Crippen LogP contribution in [0.2, 0.25) is 0 Å². The summed E-state index contributed by atoms with van der Waals surface area (Å²) in [6.45, 7) is 13.6. The minimum absolute atomic E-state index is 0.0976. The molecule has 0 bridgehead atoms. The minimum Gasteiger partial charge on any atom is -0.337 e. The number of carbonyl (C=O) groups is 1. The molecule has 1 spiro atoms. The first-order valence-electron chi connectivity index (χ1n) is 9.75. The Morgan fingerprint density at radius 1 is 1.16 bits per heavy atom. The number of rotatable bonds is 2. The summed E-state index contributed by atoms with van der Waals surface area (Å²) >= 11 is 0. The Labute approximate surface area is 152 Å². The maximum atomic E-state index is 13.0. The molecule has 1 aromatic heterocycles. The van der Waals surface area contributed by atoms with Crippen LogP contribution in [0.3, 0.4) is 0 Å². The summed E-state index contributed by atoms with van der Waals surface area (Å²) in [5.41, 5.74) is 1.97. The Balaban J connectivity index is 1.76. The molecule has 5 nitrogen and oxygen atoms in total. The van der Waals surface area contributed by atoms with Crippen molar-refractivity contribution in [3.05, 3.63) is 17.5 Å². The van der Waals surface area contributed by atoms with Gasteiger partial charge in [-0.05, 0) is 72.0 Å². The van der Waals surface area contributed by atoms with Gasteiger partial charge in [-0.3, -0.25) is 9.48 Å². The molecule has 0 aliphatic carbocycles. The highest BCUT2D eigenvalue weighted by Crippen LogP contribution is 2.37. The van der Waals surface area contributed by atoms with Crippen molar-refractivity contribution in [1.29, 1.82) is 0 Å². The maximum Gasteiger partial charge on any atom is 0.274 e. The van der Waals surface area contributed by atoms with Gasteiger partial charge in [-0.15, -0.1) is 0 Å². The van der Waals surface area contributed by atoms with E-state index in [9.17, 15) is 4.79 Å². The zero-order valence-electron chi connectivity index (χ0n) is 16.8. The lowest BCUT2D eigenvalue weighted by molar-refractivity contribution is 0.0486. The van der Waals surface area contributed by atoms with E-state index >= 15 is 0 Å². The fourth-order valence-electron chi connectivity index (χ4n) is 4.44. The van der Waals surface area contributed by atoms with Gasteiger partial charge >= 0.3 is 0 Å².